The molecule has 0 saturated heterocycles. The van der Waals surface area contributed by atoms with Crippen molar-refractivity contribution in [1.82, 2.24) is 3.97 Å². The van der Waals surface area contributed by atoms with Gasteiger partial charge in [0.2, 0.25) is 0 Å². The first-order chi connectivity index (χ1) is 9.07. The van der Waals surface area contributed by atoms with Crippen LogP contribution in [0.3, 0.4) is 0 Å². The van der Waals surface area contributed by atoms with Crippen LogP contribution in [0.5, 0.6) is 0 Å². The molecule has 19 heavy (non-hydrogen) atoms. The van der Waals surface area contributed by atoms with Crippen LogP contribution in [-0.4, -0.2) is 18.2 Å². The molecule has 0 spiro atoms. The molecule has 0 unspecified atom stereocenters. The first kappa shape index (κ1) is 13.5. The molecule has 2 aromatic rings. The van der Waals surface area contributed by atoms with Crippen LogP contribution in [0.2, 0.25) is 0 Å². The van der Waals surface area contributed by atoms with Crippen LogP contribution >= 0.6 is 0 Å². The number of ketones is 1. The third-order valence-electron chi connectivity index (χ3n) is 2.78. The lowest BCUT2D eigenvalue weighted by Gasteiger charge is -2.09. The Morgan fingerprint density at radius 3 is 2.42 bits per heavy atom. The maximum atomic E-state index is 12.4. The number of rotatable bonds is 5. The van der Waals surface area contributed by atoms with Crippen LogP contribution in [0.1, 0.15) is 30.3 Å². The number of hydrogen-bond acceptors (Lipinski definition) is 3. The third-order valence-corrected chi connectivity index (χ3v) is 4.48. The molecule has 0 N–H and O–H groups in total. The van der Waals surface area contributed by atoms with E-state index < -0.39 is 10.0 Å². The second-order valence-corrected chi connectivity index (χ2v) is 6.00. The van der Waals surface area contributed by atoms with E-state index in [4.69, 9.17) is 0 Å². The van der Waals surface area contributed by atoms with Crippen molar-refractivity contribution in [1.29, 1.82) is 0 Å². The first-order valence-electron chi connectivity index (χ1n) is 6.08. The van der Waals surface area contributed by atoms with Gasteiger partial charge in [-0.05, 0) is 30.7 Å². The average Bonchev–Trinajstić information content (AvgIpc) is 2.90. The Labute approximate surface area is 112 Å². The van der Waals surface area contributed by atoms with Gasteiger partial charge in [-0.15, -0.1) is 0 Å². The molecule has 0 bridgehead atoms. The number of carbonyl (C=O) groups excluding carboxylic acids is 1. The fourth-order valence-electron chi connectivity index (χ4n) is 1.85. The number of hydrogen-bond donors (Lipinski definition) is 0. The van der Waals surface area contributed by atoms with Gasteiger partial charge in [0.05, 0.1) is 10.6 Å². The molecule has 0 aliphatic carbocycles. The Morgan fingerprint density at radius 1 is 1.11 bits per heavy atom. The van der Waals surface area contributed by atoms with Gasteiger partial charge in [0.1, 0.15) is 0 Å². The minimum Gasteiger partial charge on any atom is -0.292 e. The summed E-state index contributed by atoms with van der Waals surface area (Å²) < 4.78 is 25.9. The van der Waals surface area contributed by atoms with E-state index in [-0.39, 0.29) is 16.4 Å². The van der Waals surface area contributed by atoms with Crippen LogP contribution in [-0.2, 0) is 10.0 Å². The molecule has 1 aromatic heterocycles. The average molecular weight is 277 g/mol. The smallest absolute Gasteiger partial charge is 0.268 e. The van der Waals surface area contributed by atoms with Crippen molar-refractivity contribution in [2.75, 3.05) is 0 Å². The van der Waals surface area contributed by atoms with Crippen LogP contribution in [0.15, 0.2) is 53.6 Å². The van der Waals surface area contributed by atoms with Crippen molar-refractivity contribution in [3.63, 3.8) is 0 Å². The molecule has 0 atom stereocenters. The van der Waals surface area contributed by atoms with Crippen molar-refractivity contribution in [2.24, 2.45) is 0 Å². The van der Waals surface area contributed by atoms with E-state index in [9.17, 15) is 13.2 Å². The monoisotopic (exact) mass is 277 g/mol. The zero-order chi connectivity index (χ0) is 13.9. The number of aromatic nitrogens is 1. The number of Topliss-reactive ketones (excluding diaryl/α,β-unsaturated/α-hetero) is 1. The summed E-state index contributed by atoms with van der Waals surface area (Å²) in [5.41, 5.74) is 0.214. The molecule has 5 heteroatoms. The maximum Gasteiger partial charge on any atom is 0.268 e. The molecule has 100 valence electrons. The molecule has 0 amide bonds. The summed E-state index contributed by atoms with van der Waals surface area (Å²) in [6.07, 6.45) is 2.44. The van der Waals surface area contributed by atoms with Gasteiger partial charge in [-0.1, -0.05) is 25.1 Å². The Balaban J connectivity index is 2.49. The number of benzene rings is 1. The Morgan fingerprint density at radius 2 is 1.79 bits per heavy atom. The highest BCUT2D eigenvalue weighted by Crippen LogP contribution is 2.17. The predicted octanol–water partition coefficient (Wildman–Crippen LogP) is 2.71. The van der Waals surface area contributed by atoms with Crippen molar-refractivity contribution < 1.29 is 13.2 Å². The van der Waals surface area contributed by atoms with Gasteiger partial charge in [-0.2, -0.15) is 0 Å². The lowest BCUT2D eigenvalue weighted by atomic mass is 10.2. The SMILES string of the molecule is CCCC(=O)c1cccn1S(=O)(=O)c1ccccc1. The van der Waals surface area contributed by atoms with Crippen molar-refractivity contribution in [3.8, 4) is 0 Å². The van der Waals surface area contributed by atoms with Crippen molar-refractivity contribution in [2.45, 2.75) is 24.7 Å². The zero-order valence-electron chi connectivity index (χ0n) is 10.6. The van der Waals surface area contributed by atoms with E-state index in [1.165, 1.54) is 18.3 Å². The van der Waals surface area contributed by atoms with Crippen molar-refractivity contribution >= 4 is 15.8 Å². The van der Waals surface area contributed by atoms with Crippen LogP contribution in [0.4, 0.5) is 0 Å². The minimum absolute atomic E-state index is 0.160. The van der Waals surface area contributed by atoms with E-state index in [1.807, 2.05) is 6.92 Å². The lowest BCUT2D eigenvalue weighted by Crippen LogP contribution is -2.17. The van der Waals surface area contributed by atoms with E-state index in [2.05, 4.69) is 0 Å². The van der Waals surface area contributed by atoms with Gasteiger partial charge in [-0.3, -0.25) is 4.79 Å². The summed E-state index contributed by atoms with van der Waals surface area (Å²) in [7, 11) is -3.69. The van der Waals surface area contributed by atoms with E-state index in [0.29, 0.717) is 12.8 Å². The summed E-state index contributed by atoms with van der Waals surface area (Å²) in [4.78, 5) is 12.1. The zero-order valence-corrected chi connectivity index (χ0v) is 11.4. The number of nitrogens with zero attached hydrogens (tertiary/aromatic N) is 1. The summed E-state index contributed by atoms with van der Waals surface area (Å²) >= 11 is 0. The molecule has 1 aromatic carbocycles. The standard InChI is InChI=1S/C14H15NO3S/c1-2-7-14(16)13-10-6-11-15(13)19(17,18)12-8-4-3-5-9-12/h3-6,8-11H,2,7H2,1H3. The molecule has 1 heterocycles. The Bertz CT molecular complexity index is 672. The van der Waals surface area contributed by atoms with Crippen LogP contribution < -0.4 is 0 Å². The van der Waals surface area contributed by atoms with E-state index in [0.717, 1.165) is 3.97 Å². The third kappa shape index (κ3) is 2.61. The van der Waals surface area contributed by atoms with Crippen molar-refractivity contribution in [3.05, 3.63) is 54.4 Å². The summed E-state index contributed by atoms with van der Waals surface area (Å²) in [5, 5.41) is 0. The molecule has 2 rings (SSSR count). The largest absolute Gasteiger partial charge is 0.292 e. The number of carbonyl (C=O) groups is 1. The molecule has 0 aliphatic rings. The Kier molecular flexibility index (Phi) is 3.85. The van der Waals surface area contributed by atoms with Gasteiger partial charge in [0.15, 0.2) is 5.78 Å². The molecule has 0 aliphatic heterocycles. The highest BCUT2D eigenvalue weighted by atomic mass is 32.2. The molecule has 4 nitrogen and oxygen atoms in total. The molecule has 0 saturated carbocycles. The summed E-state index contributed by atoms with van der Waals surface area (Å²) in [6, 6.07) is 11.2. The van der Waals surface area contributed by atoms with Gasteiger partial charge in [0.25, 0.3) is 10.0 Å². The fraction of sp³-hybridized carbons (Fsp3) is 0.214. The molecule has 0 radical (unpaired) electrons. The highest BCUT2D eigenvalue weighted by molar-refractivity contribution is 7.90. The topological polar surface area (TPSA) is 56.1 Å². The van der Waals surface area contributed by atoms with Crippen LogP contribution in [0.25, 0.3) is 0 Å². The summed E-state index contributed by atoms with van der Waals surface area (Å²) in [6.45, 7) is 1.89. The summed E-state index contributed by atoms with van der Waals surface area (Å²) in [5.74, 6) is -0.160. The molecule has 0 fully saturated rings. The maximum absolute atomic E-state index is 12.4. The molecular formula is C14H15NO3S. The predicted molar refractivity (Wildman–Crippen MR) is 72.7 cm³/mol. The Hall–Kier alpha value is -1.88. The first-order valence-corrected chi connectivity index (χ1v) is 7.52. The minimum atomic E-state index is -3.69. The second-order valence-electron chi connectivity index (χ2n) is 4.18. The highest BCUT2D eigenvalue weighted by Gasteiger charge is 2.21. The second kappa shape index (κ2) is 5.40. The van der Waals surface area contributed by atoms with E-state index >= 15 is 0 Å². The van der Waals surface area contributed by atoms with E-state index in [1.54, 1.807) is 30.3 Å². The molecular weight excluding hydrogens is 262 g/mol. The normalized spacial score (nSPS) is 11.4. The fourth-order valence-corrected chi connectivity index (χ4v) is 3.23. The van der Waals surface area contributed by atoms with Gasteiger partial charge in [-0.25, -0.2) is 12.4 Å². The van der Waals surface area contributed by atoms with Gasteiger partial charge in [0, 0.05) is 12.6 Å². The van der Waals surface area contributed by atoms with Gasteiger partial charge < -0.3 is 0 Å². The quantitative estimate of drug-likeness (QED) is 0.790. The van der Waals surface area contributed by atoms with Gasteiger partial charge >= 0.3 is 0 Å². The van der Waals surface area contributed by atoms with Crippen LogP contribution in [0, 0.1) is 0 Å². The lowest BCUT2D eigenvalue weighted by molar-refractivity contribution is 0.0976.